The van der Waals surface area contributed by atoms with Crippen molar-refractivity contribution < 1.29 is 4.74 Å². The average Bonchev–Trinajstić information content (AvgIpc) is 1.89. The number of hydrazine groups is 1. The van der Waals surface area contributed by atoms with Crippen molar-refractivity contribution in [3.05, 3.63) is 0 Å². The van der Waals surface area contributed by atoms with Crippen molar-refractivity contribution in [2.75, 3.05) is 20.3 Å². The van der Waals surface area contributed by atoms with Crippen LogP contribution in [-0.4, -0.2) is 30.8 Å². The lowest BCUT2D eigenvalue weighted by molar-refractivity contribution is -0.00817. The third kappa shape index (κ3) is 1.48. The normalized spacial score (nSPS) is 25.2. The molecule has 0 spiro atoms. The van der Waals surface area contributed by atoms with Crippen LogP contribution in [0.5, 0.6) is 0 Å². The van der Waals surface area contributed by atoms with Crippen LogP contribution in [0.2, 0.25) is 0 Å². The first-order chi connectivity index (χ1) is 4.65. The fraction of sp³-hybridized carbons (Fsp3) is 1.00. The molecule has 0 aromatic rings. The fourth-order valence-electron chi connectivity index (χ4n) is 1.16. The molecular formula is C7H16N2O. The van der Waals surface area contributed by atoms with E-state index in [4.69, 9.17) is 10.6 Å². The van der Waals surface area contributed by atoms with Gasteiger partial charge in [0.2, 0.25) is 0 Å². The Hall–Kier alpha value is -0.120. The summed E-state index contributed by atoms with van der Waals surface area (Å²) in [6.07, 6.45) is 2.08. The molecule has 0 amide bonds. The molecule has 0 bridgehead atoms. The lowest BCUT2D eigenvalue weighted by atomic mass is 9.92. The lowest BCUT2D eigenvalue weighted by Gasteiger charge is -2.38. The molecular weight excluding hydrogens is 128 g/mol. The van der Waals surface area contributed by atoms with Gasteiger partial charge in [-0.1, -0.05) is 0 Å². The van der Waals surface area contributed by atoms with Crippen LogP contribution < -0.4 is 5.84 Å². The molecule has 0 unspecified atom stereocenters. The zero-order valence-electron chi connectivity index (χ0n) is 6.76. The minimum Gasteiger partial charge on any atom is -0.381 e. The maximum Gasteiger partial charge on any atom is 0.0484 e. The Bertz CT molecular complexity index is 108. The van der Waals surface area contributed by atoms with Gasteiger partial charge in [-0.15, -0.1) is 0 Å². The highest BCUT2D eigenvalue weighted by atomic mass is 16.5. The second-order valence-corrected chi connectivity index (χ2v) is 3.22. The summed E-state index contributed by atoms with van der Waals surface area (Å²) < 4.78 is 5.23. The fourth-order valence-corrected chi connectivity index (χ4v) is 1.16. The molecule has 1 heterocycles. The van der Waals surface area contributed by atoms with Crippen molar-refractivity contribution >= 4 is 0 Å². The monoisotopic (exact) mass is 144 g/mol. The van der Waals surface area contributed by atoms with E-state index in [9.17, 15) is 0 Å². The number of rotatable bonds is 1. The van der Waals surface area contributed by atoms with Crippen LogP contribution in [0.25, 0.3) is 0 Å². The van der Waals surface area contributed by atoms with Crippen molar-refractivity contribution in [1.29, 1.82) is 0 Å². The average molecular weight is 144 g/mol. The molecule has 1 aliphatic heterocycles. The number of nitrogens with two attached hydrogens (primary N) is 1. The largest absolute Gasteiger partial charge is 0.381 e. The summed E-state index contributed by atoms with van der Waals surface area (Å²) in [5, 5.41) is 1.80. The molecule has 3 nitrogen and oxygen atoms in total. The Morgan fingerprint density at radius 2 is 1.90 bits per heavy atom. The predicted molar refractivity (Wildman–Crippen MR) is 40.4 cm³/mol. The van der Waals surface area contributed by atoms with Gasteiger partial charge in [-0.2, -0.15) is 0 Å². The molecule has 10 heavy (non-hydrogen) atoms. The molecule has 0 radical (unpaired) electrons. The van der Waals surface area contributed by atoms with Crippen LogP contribution in [0.1, 0.15) is 19.8 Å². The molecule has 0 aromatic heterocycles. The van der Waals surface area contributed by atoms with E-state index in [-0.39, 0.29) is 5.54 Å². The molecule has 2 N–H and O–H groups in total. The van der Waals surface area contributed by atoms with Crippen LogP contribution >= 0.6 is 0 Å². The van der Waals surface area contributed by atoms with Crippen LogP contribution in [0.15, 0.2) is 0 Å². The van der Waals surface area contributed by atoms with Crippen molar-refractivity contribution in [1.82, 2.24) is 5.01 Å². The SMILES string of the molecule is CN(N)C1(C)CCOCC1. The van der Waals surface area contributed by atoms with E-state index in [2.05, 4.69) is 6.92 Å². The highest BCUT2D eigenvalue weighted by Gasteiger charge is 2.29. The summed E-state index contributed by atoms with van der Waals surface area (Å²) in [7, 11) is 1.92. The quantitative estimate of drug-likeness (QED) is 0.426. The maximum absolute atomic E-state index is 5.68. The summed E-state index contributed by atoms with van der Waals surface area (Å²) >= 11 is 0. The second-order valence-electron chi connectivity index (χ2n) is 3.22. The van der Waals surface area contributed by atoms with E-state index >= 15 is 0 Å². The highest BCUT2D eigenvalue weighted by molar-refractivity contribution is 4.83. The summed E-state index contributed by atoms with van der Waals surface area (Å²) in [4.78, 5) is 0. The van der Waals surface area contributed by atoms with Crippen molar-refractivity contribution in [3.63, 3.8) is 0 Å². The van der Waals surface area contributed by atoms with Gasteiger partial charge in [-0.3, -0.25) is 5.84 Å². The molecule has 1 aliphatic rings. The van der Waals surface area contributed by atoms with E-state index in [1.807, 2.05) is 7.05 Å². The van der Waals surface area contributed by atoms with E-state index in [0.29, 0.717) is 0 Å². The van der Waals surface area contributed by atoms with E-state index < -0.39 is 0 Å². The van der Waals surface area contributed by atoms with Gasteiger partial charge in [0.15, 0.2) is 0 Å². The third-order valence-electron chi connectivity index (χ3n) is 2.42. The molecule has 1 saturated heterocycles. The first kappa shape index (κ1) is 7.98. The molecule has 0 aliphatic carbocycles. The first-order valence-corrected chi connectivity index (χ1v) is 3.71. The summed E-state index contributed by atoms with van der Waals surface area (Å²) in [6, 6.07) is 0. The maximum atomic E-state index is 5.68. The van der Waals surface area contributed by atoms with Crippen molar-refractivity contribution in [2.45, 2.75) is 25.3 Å². The molecule has 0 saturated carbocycles. The van der Waals surface area contributed by atoms with Gasteiger partial charge in [0, 0.05) is 25.8 Å². The highest BCUT2D eigenvalue weighted by Crippen LogP contribution is 2.23. The summed E-state index contributed by atoms with van der Waals surface area (Å²) in [5.41, 5.74) is 0.165. The first-order valence-electron chi connectivity index (χ1n) is 3.71. The lowest BCUT2D eigenvalue weighted by Crippen LogP contribution is -2.51. The Morgan fingerprint density at radius 1 is 1.40 bits per heavy atom. The minimum atomic E-state index is 0.165. The van der Waals surface area contributed by atoms with Crippen molar-refractivity contribution in [3.8, 4) is 0 Å². The van der Waals surface area contributed by atoms with Gasteiger partial charge < -0.3 is 4.74 Å². The summed E-state index contributed by atoms with van der Waals surface area (Å²) in [6.45, 7) is 3.87. The summed E-state index contributed by atoms with van der Waals surface area (Å²) in [5.74, 6) is 5.68. The van der Waals surface area contributed by atoms with Gasteiger partial charge in [0.05, 0.1) is 0 Å². The Morgan fingerprint density at radius 3 is 2.20 bits per heavy atom. The predicted octanol–water partition coefficient (Wildman–Crippen LogP) is 0.361. The zero-order valence-corrected chi connectivity index (χ0v) is 6.76. The number of hydrogen-bond acceptors (Lipinski definition) is 3. The van der Waals surface area contributed by atoms with Crippen molar-refractivity contribution in [2.24, 2.45) is 5.84 Å². The van der Waals surface area contributed by atoms with Gasteiger partial charge in [-0.05, 0) is 19.8 Å². The van der Waals surface area contributed by atoms with E-state index in [1.54, 1.807) is 5.01 Å². The molecule has 60 valence electrons. The third-order valence-corrected chi connectivity index (χ3v) is 2.42. The van der Waals surface area contributed by atoms with Gasteiger partial charge in [0.25, 0.3) is 0 Å². The van der Waals surface area contributed by atoms with Crippen LogP contribution in [0.4, 0.5) is 0 Å². The molecule has 0 aromatic carbocycles. The second kappa shape index (κ2) is 2.86. The Labute approximate surface area is 62.1 Å². The molecule has 3 heteroatoms. The van der Waals surface area contributed by atoms with E-state index in [0.717, 1.165) is 26.1 Å². The topological polar surface area (TPSA) is 38.5 Å². The minimum absolute atomic E-state index is 0.165. The van der Waals surface area contributed by atoms with E-state index in [1.165, 1.54) is 0 Å². The molecule has 1 rings (SSSR count). The molecule has 1 fully saturated rings. The van der Waals surface area contributed by atoms with Gasteiger partial charge >= 0.3 is 0 Å². The zero-order chi connectivity index (χ0) is 7.61. The van der Waals surface area contributed by atoms with Crippen LogP contribution in [-0.2, 0) is 4.74 Å². The molecule has 0 atom stereocenters. The number of hydrogen-bond donors (Lipinski definition) is 1. The standard InChI is InChI=1S/C7H16N2O/c1-7(9(2)8)3-5-10-6-4-7/h3-6,8H2,1-2H3. The number of nitrogens with zero attached hydrogens (tertiary/aromatic N) is 1. The van der Waals surface area contributed by atoms with Gasteiger partial charge in [0.1, 0.15) is 0 Å². The van der Waals surface area contributed by atoms with Crippen LogP contribution in [0.3, 0.4) is 0 Å². The Kier molecular flexibility index (Phi) is 2.28. The smallest absolute Gasteiger partial charge is 0.0484 e. The number of ether oxygens (including phenoxy) is 1. The van der Waals surface area contributed by atoms with Gasteiger partial charge in [-0.25, -0.2) is 5.01 Å². The van der Waals surface area contributed by atoms with Crippen LogP contribution in [0, 0.1) is 0 Å². The Balaban J connectivity index is 2.48.